The Hall–Kier alpha value is -1.97. The highest BCUT2D eigenvalue weighted by Gasteiger charge is 2.39. The van der Waals surface area contributed by atoms with E-state index in [9.17, 15) is 4.79 Å². The molecular formula is C21H27NO3. The molecule has 1 unspecified atom stereocenters. The summed E-state index contributed by atoms with van der Waals surface area (Å²) < 4.78 is 10.8. The second-order valence-electron chi connectivity index (χ2n) is 7.70. The molecule has 134 valence electrons. The smallest absolute Gasteiger partial charge is 0.161 e. The van der Waals surface area contributed by atoms with Crippen LogP contribution in [0.3, 0.4) is 0 Å². The van der Waals surface area contributed by atoms with Gasteiger partial charge in [-0.3, -0.25) is 4.79 Å². The first-order valence-electron chi connectivity index (χ1n) is 9.41. The number of benzene rings is 1. The number of ketones is 1. The second-order valence-corrected chi connectivity index (χ2v) is 7.70. The molecule has 2 bridgehead atoms. The summed E-state index contributed by atoms with van der Waals surface area (Å²) in [4.78, 5) is 12.7. The molecule has 0 saturated heterocycles. The predicted octanol–water partition coefficient (Wildman–Crippen LogP) is 3.59. The SMILES string of the molecule is COc1cc2c(cc1OC)C(=CC(=O)CC1C[C@@H]3CC[C@H]1C3)NCC2. The van der Waals surface area contributed by atoms with Gasteiger partial charge >= 0.3 is 0 Å². The van der Waals surface area contributed by atoms with Crippen molar-refractivity contribution in [1.29, 1.82) is 0 Å². The summed E-state index contributed by atoms with van der Waals surface area (Å²) in [6.07, 6.45) is 8.77. The van der Waals surface area contributed by atoms with Crippen LogP contribution in [0.25, 0.3) is 5.70 Å². The van der Waals surface area contributed by atoms with Gasteiger partial charge in [0.1, 0.15) is 0 Å². The monoisotopic (exact) mass is 341 g/mol. The first kappa shape index (κ1) is 16.5. The van der Waals surface area contributed by atoms with Crippen LogP contribution in [0.15, 0.2) is 18.2 Å². The molecule has 0 spiro atoms. The maximum Gasteiger partial charge on any atom is 0.161 e. The lowest BCUT2D eigenvalue weighted by molar-refractivity contribution is -0.115. The Morgan fingerprint density at radius 2 is 2.00 bits per heavy atom. The largest absolute Gasteiger partial charge is 0.493 e. The van der Waals surface area contributed by atoms with Gasteiger partial charge in [0.15, 0.2) is 17.3 Å². The number of methoxy groups -OCH3 is 2. The number of hydrogen-bond acceptors (Lipinski definition) is 4. The molecule has 2 aliphatic carbocycles. The average molecular weight is 341 g/mol. The van der Waals surface area contributed by atoms with Crippen LogP contribution in [0.4, 0.5) is 0 Å². The van der Waals surface area contributed by atoms with Gasteiger partial charge in [-0.2, -0.15) is 0 Å². The number of allylic oxidation sites excluding steroid dienone is 1. The third-order valence-corrected chi connectivity index (χ3v) is 6.26. The van der Waals surface area contributed by atoms with Crippen LogP contribution in [0, 0.1) is 17.8 Å². The van der Waals surface area contributed by atoms with E-state index in [1.54, 1.807) is 14.2 Å². The highest BCUT2D eigenvalue weighted by Crippen LogP contribution is 2.49. The summed E-state index contributed by atoms with van der Waals surface area (Å²) in [6.45, 7) is 0.843. The lowest BCUT2D eigenvalue weighted by atomic mass is 9.85. The molecule has 1 aromatic rings. The number of hydrogen-bond donors (Lipinski definition) is 1. The molecule has 4 nitrogen and oxygen atoms in total. The highest BCUT2D eigenvalue weighted by atomic mass is 16.5. The Morgan fingerprint density at radius 3 is 2.68 bits per heavy atom. The summed E-state index contributed by atoms with van der Waals surface area (Å²) in [5, 5.41) is 3.40. The number of nitrogens with one attached hydrogen (secondary N) is 1. The molecule has 3 aliphatic rings. The van der Waals surface area contributed by atoms with Gasteiger partial charge in [0.2, 0.25) is 0 Å². The standard InChI is InChI=1S/C21H27NO3/c1-24-20-10-15-5-6-22-19(18(15)12-21(20)25-2)11-17(23)9-16-8-13-3-4-14(16)7-13/h10-14,16,22H,3-9H2,1-2H3/t13-,14+,16?/m1/s1. The summed E-state index contributed by atoms with van der Waals surface area (Å²) in [5.41, 5.74) is 3.19. The van der Waals surface area contributed by atoms with Gasteiger partial charge in [-0.25, -0.2) is 0 Å². The maximum atomic E-state index is 12.7. The van der Waals surface area contributed by atoms with E-state index < -0.39 is 0 Å². The van der Waals surface area contributed by atoms with Crippen molar-refractivity contribution in [2.24, 2.45) is 17.8 Å². The third kappa shape index (κ3) is 3.14. The van der Waals surface area contributed by atoms with Crippen molar-refractivity contribution in [3.05, 3.63) is 29.3 Å². The normalized spacial score (nSPS) is 28.6. The Bertz CT molecular complexity index is 709. The van der Waals surface area contributed by atoms with Crippen LogP contribution in [0.5, 0.6) is 11.5 Å². The Balaban J connectivity index is 1.55. The molecule has 0 amide bonds. The third-order valence-electron chi connectivity index (χ3n) is 6.26. The van der Waals surface area contributed by atoms with Crippen LogP contribution in [0.1, 0.15) is 43.2 Å². The van der Waals surface area contributed by atoms with Gasteiger partial charge in [0.05, 0.1) is 14.2 Å². The lowest BCUT2D eigenvalue weighted by Crippen LogP contribution is -2.24. The van der Waals surface area contributed by atoms with Crippen molar-refractivity contribution in [2.75, 3.05) is 20.8 Å². The number of carbonyl (C=O) groups is 1. The van der Waals surface area contributed by atoms with Gasteiger partial charge in [-0.05, 0) is 61.1 Å². The molecule has 0 aromatic heterocycles. The predicted molar refractivity (Wildman–Crippen MR) is 97.8 cm³/mol. The van der Waals surface area contributed by atoms with Crippen molar-refractivity contribution in [1.82, 2.24) is 5.32 Å². The summed E-state index contributed by atoms with van der Waals surface area (Å²) in [7, 11) is 3.30. The zero-order chi connectivity index (χ0) is 17.4. The summed E-state index contributed by atoms with van der Waals surface area (Å²) >= 11 is 0. The van der Waals surface area contributed by atoms with Crippen molar-refractivity contribution in [2.45, 2.75) is 38.5 Å². The molecule has 25 heavy (non-hydrogen) atoms. The summed E-state index contributed by atoms with van der Waals surface area (Å²) in [6, 6.07) is 4.01. The molecular weight excluding hydrogens is 314 g/mol. The number of carbonyl (C=O) groups excluding carboxylic acids is 1. The van der Waals surface area contributed by atoms with Crippen LogP contribution < -0.4 is 14.8 Å². The molecule has 3 atom stereocenters. The molecule has 1 heterocycles. The fourth-order valence-corrected chi connectivity index (χ4v) is 5.04. The lowest BCUT2D eigenvalue weighted by Gasteiger charge is -2.24. The Kier molecular flexibility index (Phi) is 4.45. The van der Waals surface area contributed by atoms with Crippen molar-refractivity contribution in [3.8, 4) is 11.5 Å². The van der Waals surface area contributed by atoms with Gasteiger partial charge in [0.25, 0.3) is 0 Å². The molecule has 0 radical (unpaired) electrons. The molecule has 1 aliphatic heterocycles. The molecule has 2 fully saturated rings. The summed E-state index contributed by atoms with van der Waals surface area (Å²) in [5.74, 6) is 4.00. The minimum atomic E-state index is 0.252. The van der Waals surface area contributed by atoms with Gasteiger partial charge in [0, 0.05) is 30.3 Å². The quantitative estimate of drug-likeness (QED) is 0.832. The highest BCUT2D eigenvalue weighted by molar-refractivity contribution is 5.97. The zero-order valence-corrected chi connectivity index (χ0v) is 15.1. The number of rotatable bonds is 5. The van der Waals surface area contributed by atoms with E-state index >= 15 is 0 Å². The second kappa shape index (κ2) is 6.74. The maximum absolute atomic E-state index is 12.7. The van der Waals surface area contributed by atoms with E-state index in [-0.39, 0.29) is 5.78 Å². The van der Waals surface area contributed by atoms with E-state index in [1.165, 1.54) is 31.2 Å². The van der Waals surface area contributed by atoms with Gasteiger partial charge < -0.3 is 14.8 Å². The Labute approximate surface area is 149 Å². The van der Waals surface area contributed by atoms with E-state index in [2.05, 4.69) is 5.32 Å². The van der Waals surface area contributed by atoms with Gasteiger partial charge in [-0.1, -0.05) is 6.42 Å². The molecule has 4 rings (SSSR count). The van der Waals surface area contributed by atoms with Crippen LogP contribution in [-0.4, -0.2) is 26.5 Å². The van der Waals surface area contributed by atoms with Gasteiger partial charge in [-0.15, -0.1) is 0 Å². The molecule has 1 aromatic carbocycles. The van der Waals surface area contributed by atoms with Crippen LogP contribution in [0.2, 0.25) is 0 Å². The topological polar surface area (TPSA) is 47.6 Å². The minimum absolute atomic E-state index is 0.252. The van der Waals surface area contributed by atoms with Crippen molar-refractivity contribution in [3.63, 3.8) is 0 Å². The van der Waals surface area contributed by atoms with E-state index in [0.717, 1.165) is 41.8 Å². The number of ether oxygens (including phenoxy) is 2. The van der Waals surface area contributed by atoms with E-state index in [0.29, 0.717) is 18.1 Å². The first-order valence-corrected chi connectivity index (χ1v) is 9.41. The Morgan fingerprint density at radius 1 is 1.20 bits per heavy atom. The van der Waals surface area contributed by atoms with E-state index in [4.69, 9.17) is 9.47 Å². The molecule has 2 saturated carbocycles. The number of fused-ring (bicyclic) bond motifs is 3. The van der Waals surface area contributed by atoms with E-state index in [1.807, 2.05) is 18.2 Å². The fraction of sp³-hybridized carbons (Fsp3) is 0.571. The van der Waals surface area contributed by atoms with Crippen molar-refractivity contribution >= 4 is 11.5 Å². The molecule has 4 heteroatoms. The van der Waals surface area contributed by atoms with Crippen molar-refractivity contribution < 1.29 is 14.3 Å². The minimum Gasteiger partial charge on any atom is -0.493 e. The first-order chi connectivity index (χ1) is 12.2. The van der Waals surface area contributed by atoms with Crippen LogP contribution in [-0.2, 0) is 11.2 Å². The fourth-order valence-electron chi connectivity index (χ4n) is 5.04. The average Bonchev–Trinajstić information content (AvgIpc) is 3.23. The van der Waals surface area contributed by atoms with Crippen LogP contribution >= 0.6 is 0 Å². The molecule has 1 N–H and O–H groups in total. The zero-order valence-electron chi connectivity index (χ0n) is 15.1.